The van der Waals surface area contributed by atoms with Crippen LogP contribution in [0.2, 0.25) is 5.02 Å². The summed E-state index contributed by atoms with van der Waals surface area (Å²) in [5.74, 6) is -1.67. The second-order valence-electron chi connectivity index (χ2n) is 7.95. The molecular formula is C26H22ClFN2O3. The number of anilines is 1. The van der Waals surface area contributed by atoms with E-state index < -0.39 is 29.7 Å². The van der Waals surface area contributed by atoms with E-state index >= 15 is 0 Å². The molecule has 1 aliphatic heterocycles. The highest BCUT2D eigenvalue weighted by atomic mass is 35.5. The van der Waals surface area contributed by atoms with Gasteiger partial charge in [-0.2, -0.15) is 0 Å². The molecule has 3 aromatic carbocycles. The summed E-state index contributed by atoms with van der Waals surface area (Å²) in [5, 5.41) is 0.562. The number of benzene rings is 3. The molecule has 1 heterocycles. The van der Waals surface area contributed by atoms with Gasteiger partial charge in [-0.05, 0) is 54.4 Å². The maximum atomic E-state index is 13.5. The van der Waals surface area contributed by atoms with Crippen LogP contribution in [-0.2, 0) is 20.8 Å². The summed E-state index contributed by atoms with van der Waals surface area (Å²) < 4.78 is 13.4. The number of hydrogen-bond donors (Lipinski definition) is 0. The maximum Gasteiger partial charge on any atom is 0.257 e. The fourth-order valence-electron chi connectivity index (χ4n) is 4.11. The predicted molar refractivity (Wildman–Crippen MR) is 124 cm³/mol. The van der Waals surface area contributed by atoms with Crippen LogP contribution in [-0.4, -0.2) is 28.7 Å². The minimum atomic E-state index is -0.961. The van der Waals surface area contributed by atoms with Crippen LogP contribution < -0.4 is 4.90 Å². The Morgan fingerprint density at radius 3 is 2.30 bits per heavy atom. The molecule has 0 radical (unpaired) electrons. The number of carbonyl (C=O) groups excluding carboxylic acids is 3. The van der Waals surface area contributed by atoms with Crippen molar-refractivity contribution >= 4 is 35.0 Å². The molecular weight excluding hydrogens is 443 g/mol. The van der Waals surface area contributed by atoms with Gasteiger partial charge in [-0.3, -0.25) is 14.4 Å². The lowest BCUT2D eigenvalue weighted by molar-refractivity contribution is -0.140. The third-order valence-electron chi connectivity index (χ3n) is 5.80. The Kier molecular flexibility index (Phi) is 6.56. The van der Waals surface area contributed by atoms with Gasteiger partial charge in [0.05, 0.1) is 24.6 Å². The molecule has 1 fully saturated rings. The molecule has 1 aliphatic rings. The lowest BCUT2D eigenvalue weighted by Crippen LogP contribution is -2.47. The highest BCUT2D eigenvalue weighted by Gasteiger charge is 2.45. The monoisotopic (exact) mass is 464 g/mol. The van der Waals surface area contributed by atoms with Gasteiger partial charge < -0.3 is 4.90 Å². The second kappa shape index (κ2) is 9.55. The maximum absolute atomic E-state index is 13.5. The highest BCUT2D eigenvalue weighted by Crippen LogP contribution is 2.32. The third-order valence-corrected chi connectivity index (χ3v) is 6.05. The molecule has 0 aromatic heterocycles. The van der Waals surface area contributed by atoms with Crippen molar-refractivity contribution in [3.63, 3.8) is 0 Å². The summed E-state index contributed by atoms with van der Waals surface area (Å²) >= 11 is 5.96. The van der Waals surface area contributed by atoms with Crippen LogP contribution in [0.4, 0.5) is 10.1 Å². The Balaban J connectivity index is 1.67. The van der Waals surface area contributed by atoms with Gasteiger partial charge in [-0.1, -0.05) is 54.1 Å². The molecule has 2 atom stereocenters. The summed E-state index contributed by atoms with van der Waals surface area (Å²) in [6.45, 7) is 1.84. The fourth-order valence-corrected chi connectivity index (χ4v) is 4.24. The first-order chi connectivity index (χ1) is 15.8. The van der Waals surface area contributed by atoms with Crippen LogP contribution in [0.25, 0.3) is 0 Å². The van der Waals surface area contributed by atoms with Crippen LogP contribution >= 0.6 is 11.6 Å². The number of halogens is 2. The molecule has 33 heavy (non-hydrogen) atoms. The zero-order valence-corrected chi connectivity index (χ0v) is 18.7. The van der Waals surface area contributed by atoms with Crippen molar-refractivity contribution in [1.29, 1.82) is 0 Å². The normalized spacial score (nSPS) is 16.7. The van der Waals surface area contributed by atoms with Crippen molar-refractivity contribution in [3.8, 4) is 0 Å². The van der Waals surface area contributed by atoms with Gasteiger partial charge in [0.2, 0.25) is 11.8 Å². The van der Waals surface area contributed by atoms with Crippen molar-refractivity contribution in [2.24, 2.45) is 0 Å². The summed E-state index contributed by atoms with van der Waals surface area (Å²) in [6, 6.07) is 20.0. The first kappa shape index (κ1) is 22.7. The van der Waals surface area contributed by atoms with E-state index in [9.17, 15) is 18.8 Å². The molecule has 2 unspecified atom stereocenters. The molecule has 168 valence electrons. The van der Waals surface area contributed by atoms with Crippen molar-refractivity contribution in [2.75, 3.05) is 4.90 Å². The van der Waals surface area contributed by atoms with Crippen LogP contribution in [0.15, 0.2) is 78.9 Å². The molecule has 0 N–H and O–H groups in total. The van der Waals surface area contributed by atoms with Crippen LogP contribution in [0.1, 0.15) is 30.5 Å². The van der Waals surface area contributed by atoms with Gasteiger partial charge in [0.15, 0.2) is 0 Å². The zero-order valence-electron chi connectivity index (χ0n) is 17.9. The first-order valence-electron chi connectivity index (χ1n) is 10.6. The molecule has 4 rings (SSSR count). The molecule has 5 nitrogen and oxygen atoms in total. The average molecular weight is 465 g/mol. The molecule has 3 amide bonds. The van der Waals surface area contributed by atoms with Crippen LogP contribution in [0, 0.1) is 5.82 Å². The Hall–Kier alpha value is -3.51. The minimum absolute atomic E-state index is 0.0584. The Bertz CT molecular complexity index is 1170. The lowest BCUT2D eigenvalue weighted by atomic mass is 10.0. The molecule has 0 saturated carbocycles. The zero-order chi connectivity index (χ0) is 23.5. The fraction of sp³-hybridized carbons (Fsp3) is 0.192. The van der Waals surface area contributed by atoms with Gasteiger partial charge in [0.25, 0.3) is 5.91 Å². The largest absolute Gasteiger partial charge is 0.323 e. The number of imide groups is 1. The topological polar surface area (TPSA) is 57.7 Å². The summed E-state index contributed by atoms with van der Waals surface area (Å²) in [6.07, 6.45) is -0.0808. The summed E-state index contributed by atoms with van der Waals surface area (Å²) in [7, 11) is 0. The molecule has 0 spiro atoms. The second-order valence-corrected chi connectivity index (χ2v) is 8.39. The number of carbonyl (C=O) groups is 3. The van der Waals surface area contributed by atoms with E-state index in [0.717, 1.165) is 16.0 Å². The van der Waals surface area contributed by atoms with Gasteiger partial charge in [0.1, 0.15) is 11.9 Å². The molecule has 0 bridgehead atoms. The number of rotatable bonds is 6. The number of hydrogen-bond acceptors (Lipinski definition) is 3. The predicted octanol–water partition coefficient (Wildman–Crippen LogP) is 4.94. The molecule has 0 aliphatic carbocycles. The Morgan fingerprint density at radius 1 is 1.03 bits per heavy atom. The number of nitrogens with zero attached hydrogens (tertiary/aromatic N) is 2. The van der Waals surface area contributed by atoms with E-state index in [0.29, 0.717) is 5.02 Å². The van der Waals surface area contributed by atoms with E-state index in [1.54, 1.807) is 24.3 Å². The van der Waals surface area contributed by atoms with Crippen molar-refractivity contribution in [1.82, 2.24) is 4.90 Å². The van der Waals surface area contributed by atoms with E-state index in [2.05, 4.69) is 0 Å². The summed E-state index contributed by atoms with van der Waals surface area (Å²) in [4.78, 5) is 42.2. The van der Waals surface area contributed by atoms with Crippen molar-refractivity contribution in [2.45, 2.75) is 31.8 Å². The average Bonchev–Trinajstić information content (AvgIpc) is 3.10. The first-order valence-corrected chi connectivity index (χ1v) is 11.0. The van der Waals surface area contributed by atoms with E-state index in [-0.39, 0.29) is 24.4 Å². The number of amides is 3. The van der Waals surface area contributed by atoms with E-state index in [4.69, 9.17) is 11.6 Å². The Morgan fingerprint density at radius 2 is 1.67 bits per heavy atom. The van der Waals surface area contributed by atoms with Crippen LogP contribution in [0.5, 0.6) is 0 Å². The highest BCUT2D eigenvalue weighted by molar-refractivity contribution is 6.30. The quantitative estimate of drug-likeness (QED) is 0.485. The van der Waals surface area contributed by atoms with E-state index in [1.807, 2.05) is 37.3 Å². The van der Waals surface area contributed by atoms with Crippen molar-refractivity contribution in [3.05, 3.63) is 101 Å². The van der Waals surface area contributed by atoms with Gasteiger partial charge >= 0.3 is 0 Å². The Labute approximate surface area is 196 Å². The third kappa shape index (κ3) is 4.81. The summed E-state index contributed by atoms with van der Waals surface area (Å²) in [5.41, 5.74) is 1.88. The SMILES string of the molecule is CC(c1ccccc1)N(C(=O)Cc1ccc(Cl)cc1)C1CC(=O)N(c2ccc(F)cc2)C1=O. The standard InChI is InChI=1S/C26H22ClFN2O3/c1-17(19-5-3-2-4-6-19)29(24(31)15-18-7-9-20(27)10-8-18)23-16-25(32)30(26(23)33)22-13-11-21(28)12-14-22/h2-14,17,23H,15-16H2,1H3. The lowest BCUT2D eigenvalue weighted by Gasteiger charge is -2.34. The van der Waals surface area contributed by atoms with Gasteiger partial charge in [-0.25, -0.2) is 9.29 Å². The minimum Gasteiger partial charge on any atom is -0.323 e. The molecule has 3 aromatic rings. The van der Waals surface area contributed by atoms with Crippen LogP contribution in [0.3, 0.4) is 0 Å². The smallest absolute Gasteiger partial charge is 0.257 e. The van der Waals surface area contributed by atoms with E-state index in [1.165, 1.54) is 29.2 Å². The molecule has 1 saturated heterocycles. The molecule has 7 heteroatoms. The van der Waals surface area contributed by atoms with Gasteiger partial charge in [-0.15, -0.1) is 0 Å². The van der Waals surface area contributed by atoms with Gasteiger partial charge in [0, 0.05) is 5.02 Å². The van der Waals surface area contributed by atoms with Crippen molar-refractivity contribution < 1.29 is 18.8 Å².